The molecule has 4 rings (SSSR count). The van der Waals surface area contributed by atoms with Crippen molar-refractivity contribution in [3.05, 3.63) is 65.8 Å². The summed E-state index contributed by atoms with van der Waals surface area (Å²) < 4.78 is 1.82. The summed E-state index contributed by atoms with van der Waals surface area (Å²) in [5, 5.41) is 1.75. The van der Waals surface area contributed by atoms with Gasteiger partial charge in [-0.1, -0.05) is 42.8 Å². The Labute approximate surface area is 209 Å². The summed E-state index contributed by atoms with van der Waals surface area (Å²) in [6.45, 7) is 4.71. The molecule has 1 aliphatic heterocycles. The molecule has 1 atom stereocenters. The minimum atomic E-state index is -0.319. The van der Waals surface area contributed by atoms with Crippen LogP contribution in [0.25, 0.3) is 10.9 Å². The number of fused-ring (bicyclic) bond motifs is 1. The van der Waals surface area contributed by atoms with Gasteiger partial charge in [0.2, 0.25) is 11.8 Å². The molecule has 0 saturated carbocycles. The van der Waals surface area contributed by atoms with Gasteiger partial charge in [0, 0.05) is 61.4 Å². The van der Waals surface area contributed by atoms with Crippen molar-refractivity contribution in [1.82, 2.24) is 20.3 Å². The first-order valence-electron chi connectivity index (χ1n) is 11.8. The van der Waals surface area contributed by atoms with Crippen LogP contribution in [0.5, 0.6) is 0 Å². The van der Waals surface area contributed by atoms with Gasteiger partial charge in [0.25, 0.3) is 5.91 Å². The van der Waals surface area contributed by atoms with Crippen molar-refractivity contribution in [2.75, 3.05) is 31.1 Å². The number of nitrogens with one attached hydrogen (secondary N) is 2. The van der Waals surface area contributed by atoms with Gasteiger partial charge < -0.3 is 14.4 Å². The molecule has 184 valence electrons. The number of anilines is 1. The maximum absolute atomic E-state index is 12.7. The fraction of sp³-hybridized carbons (Fsp3) is 0.346. The molecule has 0 unspecified atom stereocenters. The lowest BCUT2D eigenvalue weighted by atomic mass is 10.0. The quantitative estimate of drug-likeness (QED) is 0.493. The molecular weight excluding hydrogens is 466 g/mol. The Balaban J connectivity index is 1.16. The van der Waals surface area contributed by atoms with Gasteiger partial charge in [0.1, 0.15) is 6.54 Å². The summed E-state index contributed by atoms with van der Waals surface area (Å²) in [4.78, 5) is 41.3. The van der Waals surface area contributed by atoms with Crippen LogP contribution in [0.2, 0.25) is 5.02 Å². The van der Waals surface area contributed by atoms with Crippen LogP contribution in [0, 0.1) is 5.92 Å². The predicted molar refractivity (Wildman–Crippen MR) is 137 cm³/mol. The lowest BCUT2D eigenvalue weighted by Crippen LogP contribution is -2.49. The minimum Gasteiger partial charge on any atom is -0.368 e. The summed E-state index contributed by atoms with van der Waals surface area (Å²) in [6, 6.07) is 17.4. The Morgan fingerprint density at radius 1 is 0.914 bits per heavy atom. The van der Waals surface area contributed by atoms with E-state index in [0.717, 1.165) is 29.7 Å². The van der Waals surface area contributed by atoms with Gasteiger partial charge in [-0.2, -0.15) is 0 Å². The first-order chi connectivity index (χ1) is 16.9. The highest BCUT2D eigenvalue weighted by Crippen LogP contribution is 2.21. The fourth-order valence-electron chi connectivity index (χ4n) is 4.37. The van der Waals surface area contributed by atoms with E-state index in [4.69, 9.17) is 11.6 Å². The summed E-state index contributed by atoms with van der Waals surface area (Å²) in [5.41, 5.74) is 6.93. The van der Waals surface area contributed by atoms with Gasteiger partial charge >= 0.3 is 0 Å². The van der Waals surface area contributed by atoms with Crippen molar-refractivity contribution in [2.24, 2.45) is 5.92 Å². The largest absolute Gasteiger partial charge is 0.368 e. The predicted octanol–water partition coefficient (Wildman–Crippen LogP) is 3.21. The average Bonchev–Trinajstić information content (AvgIpc) is 3.25. The molecule has 0 spiro atoms. The van der Waals surface area contributed by atoms with E-state index in [1.807, 2.05) is 77.2 Å². The summed E-state index contributed by atoms with van der Waals surface area (Å²) in [7, 11) is 0. The maximum atomic E-state index is 12.7. The third-order valence-electron chi connectivity index (χ3n) is 6.20. The van der Waals surface area contributed by atoms with E-state index in [-0.39, 0.29) is 43.0 Å². The standard InChI is InChI=1S/C26H30ClN5O3/c1-19(16-26(35)31-13-11-30(12-14-31)22-7-4-6-21(27)17-22)15-24(33)28-29-25(34)18-32-10-9-20-5-2-3-8-23(20)32/h2-10,17,19H,11-16,18H2,1H3,(H,28,33)(H,29,34)/t19-/m0/s1. The Bertz CT molecular complexity index is 1200. The number of amides is 3. The maximum Gasteiger partial charge on any atom is 0.258 e. The molecule has 1 aromatic heterocycles. The summed E-state index contributed by atoms with van der Waals surface area (Å²) in [6.07, 6.45) is 2.28. The van der Waals surface area contributed by atoms with Gasteiger partial charge in [-0.05, 0) is 41.6 Å². The minimum absolute atomic E-state index is 0.0413. The van der Waals surface area contributed by atoms with E-state index in [2.05, 4.69) is 15.8 Å². The van der Waals surface area contributed by atoms with E-state index in [0.29, 0.717) is 18.1 Å². The third kappa shape index (κ3) is 6.54. The zero-order valence-electron chi connectivity index (χ0n) is 19.7. The van der Waals surface area contributed by atoms with Crippen molar-refractivity contribution >= 4 is 45.9 Å². The highest BCUT2D eigenvalue weighted by Gasteiger charge is 2.23. The van der Waals surface area contributed by atoms with Gasteiger partial charge in [0.05, 0.1) is 0 Å². The van der Waals surface area contributed by atoms with Crippen molar-refractivity contribution in [2.45, 2.75) is 26.3 Å². The number of benzene rings is 2. The molecule has 3 amide bonds. The smallest absolute Gasteiger partial charge is 0.258 e. The molecule has 3 aromatic rings. The Hall–Kier alpha value is -3.52. The van der Waals surface area contributed by atoms with Crippen LogP contribution in [0.4, 0.5) is 5.69 Å². The van der Waals surface area contributed by atoms with Gasteiger partial charge in [0.15, 0.2) is 0 Å². The lowest BCUT2D eigenvalue weighted by molar-refractivity contribution is -0.133. The number of carbonyl (C=O) groups is 3. The van der Waals surface area contributed by atoms with E-state index < -0.39 is 0 Å². The molecule has 2 aromatic carbocycles. The molecule has 0 bridgehead atoms. The van der Waals surface area contributed by atoms with Crippen LogP contribution >= 0.6 is 11.6 Å². The normalized spacial score (nSPS) is 14.6. The number of aromatic nitrogens is 1. The molecule has 0 aliphatic carbocycles. The number of rotatable bonds is 7. The summed E-state index contributed by atoms with van der Waals surface area (Å²) >= 11 is 6.09. The van der Waals surface area contributed by atoms with Crippen molar-refractivity contribution in [3.8, 4) is 0 Å². The molecule has 1 fully saturated rings. The van der Waals surface area contributed by atoms with Crippen LogP contribution < -0.4 is 15.8 Å². The number of halogens is 1. The first-order valence-corrected chi connectivity index (χ1v) is 12.2. The molecule has 9 heteroatoms. The van der Waals surface area contributed by atoms with Crippen LogP contribution in [0.1, 0.15) is 19.8 Å². The van der Waals surface area contributed by atoms with E-state index in [1.54, 1.807) is 0 Å². The lowest BCUT2D eigenvalue weighted by Gasteiger charge is -2.36. The molecule has 2 N–H and O–H groups in total. The van der Waals surface area contributed by atoms with E-state index in [9.17, 15) is 14.4 Å². The molecule has 2 heterocycles. The second-order valence-corrected chi connectivity index (χ2v) is 9.40. The molecule has 8 nitrogen and oxygen atoms in total. The van der Waals surface area contributed by atoms with Crippen LogP contribution in [0.15, 0.2) is 60.8 Å². The topological polar surface area (TPSA) is 86.7 Å². The van der Waals surface area contributed by atoms with Gasteiger partial charge in [-0.3, -0.25) is 25.2 Å². The van der Waals surface area contributed by atoms with Gasteiger partial charge in [-0.25, -0.2) is 0 Å². The van der Waals surface area contributed by atoms with Crippen molar-refractivity contribution in [3.63, 3.8) is 0 Å². The number of hydrogen-bond donors (Lipinski definition) is 2. The van der Waals surface area contributed by atoms with E-state index in [1.165, 1.54) is 0 Å². The van der Waals surface area contributed by atoms with Gasteiger partial charge in [-0.15, -0.1) is 0 Å². The van der Waals surface area contributed by atoms with Crippen molar-refractivity contribution < 1.29 is 14.4 Å². The number of para-hydroxylation sites is 1. The second kappa shape index (κ2) is 11.3. The third-order valence-corrected chi connectivity index (χ3v) is 6.43. The molecule has 0 radical (unpaired) electrons. The summed E-state index contributed by atoms with van der Waals surface area (Å²) in [5.74, 6) is -0.735. The van der Waals surface area contributed by atoms with Crippen molar-refractivity contribution in [1.29, 1.82) is 0 Å². The fourth-order valence-corrected chi connectivity index (χ4v) is 4.55. The zero-order valence-corrected chi connectivity index (χ0v) is 20.5. The van der Waals surface area contributed by atoms with Crippen LogP contribution in [-0.2, 0) is 20.9 Å². The highest BCUT2D eigenvalue weighted by molar-refractivity contribution is 6.30. The monoisotopic (exact) mass is 495 g/mol. The number of carbonyl (C=O) groups excluding carboxylic acids is 3. The first kappa shape index (κ1) is 24.6. The SMILES string of the molecule is C[C@@H](CC(=O)NNC(=O)Cn1ccc2ccccc21)CC(=O)N1CCN(c2cccc(Cl)c2)CC1. The second-order valence-electron chi connectivity index (χ2n) is 8.96. The molecular formula is C26H30ClN5O3. The van der Waals surface area contributed by atoms with E-state index >= 15 is 0 Å². The van der Waals surface area contributed by atoms with Crippen LogP contribution in [0.3, 0.4) is 0 Å². The molecule has 1 saturated heterocycles. The average molecular weight is 496 g/mol. The highest BCUT2D eigenvalue weighted by atomic mass is 35.5. The number of piperazine rings is 1. The zero-order chi connectivity index (χ0) is 24.8. The van der Waals surface area contributed by atoms with Crippen LogP contribution in [-0.4, -0.2) is 53.4 Å². The molecule has 1 aliphatic rings. The molecule has 35 heavy (non-hydrogen) atoms. The number of hydrogen-bond acceptors (Lipinski definition) is 4. The number of hydrazine groups is 1. The number of nitrogens with zero attached hydrogens (tertiary/aromatic N) is 3. The Morgan fingerprint density at radius 3 is 2.43 bits per heavy atom. The Morgan fingerprint density at radius 2 is 1.66 bits per heavy atom. The Kier molecular flexibility index (Phi) is 7.92.